The van der Waals surface area contributed by atoms with Gasteiger partial charge in [-0.2, -0.15) is 0 Å². The molecule has 1 atom stereocenters. The molecule has 0 fully saturated rings. The highest BCUT2D eigenvalue weighted by atomic mass is 16.6. The summed E-state index contributed by atoms with van der Waals surface area (Å²) in [5.74, 6) is -1.02. The lowest BCUT2D eigenvalue weighted by molar-refractivity contribution is -0.166. The first-order chi connectivity index (χ1) is 33.5. The molecule has 0 aliphatic heterocycles. The third-order valence-corrected chi connectivity index (χ3v) is 10.9. The van der Waals surface area contributed by atoms with Crippen LogP contribution in [0.4, 0.5) is 0 Å². The minimum Gasteiger partial charge on any atom is -0.462 e. The monoisotopic (exact) mass is 939 g/mol. The number of ether oxygens (including phenoxy) is 3. The van der Waals surface area contributed by atoms with Gasteiger partial charge in [0.2, 0.25) is 0 Å². The van der Waals surface area contributed by atoms with Gasteiger partial charge in [0, 0.05) is 19.3 Å². The molecule has 0 bridgehead atoms. The molecule has 0 aromatic carbocycles. The summed E-state index contributed by atoms with van der Waals surface area (Å²) in [6.07, 6.45) is 77.8. The summed E-state index contributed by atoms with van der Waals surface area (Å²) in [7, 11) is 0. The second-order valence-corrected chi connectivity index (χ2v) is 17.4. The molecule has 68 heavy (non-hydrogen) atoms. The van der Waals surface area contributed by atoms with Crippen LogP contribution in [0.25, 0.3) is 0 Å². The van der Waals surface area contributed by atoms with E-state index in [1.807, 2.05) is 12.2 Å². The number of rotatable bonds is 47. The van der Waals surface area contributed by atoms with E-state index in [0.29, 0.717) is 19.3 Å². The molecule has 1 unspecified atom stereocenters. The third kappa shape index (κ3) is 52.5. The van der Waals surface area contributed by atoms with Gasteiger partial charge in [0.25, 0.3) is 0 Å². The summed E-state index contributed by atoms with van der Waals surface area (Å²) >= 11 is 0. The van der Waals surface area contributed by atoms with Crippen molar-refractivity contribution in [2.75, 3.05) is 13.2 Å². The molecule has 0 amide bonds. The lowest BCUT2D eigenvalue weighted by Gasteiger charge is -2.18. The van der Waals surface area contributed by atoms with Gasteiger partial charge in [-0.15, -0.1) is 0 Å². The van der Waals surface area contributed by atoms with Gasteiger partial charge < -0.3 is 14.2 Å². The molecule has 0 radical (unpaired) electrons. The van der Waals surface area contributed by atoms with Crippen molar-refractivity contribution in [3.05, 3.63) is 134 Å². The summed E-state index contributed by atoms with van der Waals surface area (Å²) in [5, 5.41) is 0. The second kappa shape index (κ2) is 55.1. The molecule has 0 aromatic rings. The number of allylic oxidation sites excluding steroid dienone is 22. The van der Waals surface area contributed by atoms with E-state index in [4.69, 9.17) is 14.2 Å². The quantitative estimate of drug-likeness (QED) is 0.0262. The van der Waals surface area contributed by atoms with Gasteiger partial charge >= 0.3 is 17.9 Å². The van der Waals surface area contributed by atoms with Crippen LogP contribution >= 0.6 is 0 Å². The van der Waals surface area contributed by atoms with E-state index in [0.717, 1.165) is 116 Å². The molecule has 6 nitrogen and oxygen atoms in total. The standard InChI is InChI=1S/C62H98O6/c1-4-7-10-13-16-18-20-22-23-24-25-26-27-28-29-30-31-32-33-34-35-36-37-38-39-41-42-44-46-49-52-55-61(64)67-58-59(57-66-60(63)54-51-48-15-12-9-6-3)68-62(65)56-53-50-47-45-43-40-21-19-17-14-11-8-5-2/h7-8,10-11,16-19,22-23,25-26,28-29,31-32,34-35,40,43,47,50,59H,4-6,9,12-15,20-21,24,27,30,33,36-39,41-42,44-46,48-49,51-58H2,1-3H3/b10-7-,11-8-,18-16-,19-17-,23-22-,26-25-,29-28-,32-31-,35-34-,43-40-,50-47-. The lowest BCUT2D eigenvalue weighted by atomic mass is 10.1. The molecule has 0 rings (SSSR count). The topological polar surface area (TPSA) is 78.9 Å². The number of hydrogen-bond acceptors (Lipinski definition) is 6. The zero-order valence-corrected chi connectivity index (χ0v) is 43.6. The Kier molecular flexibility index (Phi) is 51.5. The average molecular weight is 939 g/mol. The van der Waals surface area contributed by atoms with Crippen molar-refractivity contribution in [3.63, 3.8) is 0 Å². The zero-order valence-electron chi connectivity index (χ0n) is 43.6. The molecule has 0 saturated heterocycles. The Morgan fingerprint density at radius 2 is 0.603 bits per heavy atom. The fraction of sp³-hybridized carbons (Fsp3) is 0.597. The summed E-state index contributed by atoms with van der Waals surface area (Å²) in [4.78, 5) is 37.7. The molecule has 0 heterocycles. The zero-order chi connectivity index (χ0) is 49.3. The van der Waals surface area contributed by atoms with Crippen LogP contribution in [0.5, 0.6) is 0 Å². The number of esters is 3. The first-order valence-corrected chi connectivity index (χ1v) is 27.2. The molecule has 6 heteroatoms. The van der Waals surface area contributed by atoms with Crippen molar-refractivity contribution in [2.45, 2.75) is 226 Å². The van der Waals surface area contributed by atoms with Crippen LogP contribution < -0.4 is 0 Å². The van der Waals surface area contributed by atoms with Crippen molar-refractivity contribution < 1.29 is 28.6 Å². The van der Waals surface area contributed by atoms with E-state index in [9.17, 15) is 14.4 Å². The highest BCUT2D eigenvalue weighted by molar-refractivity contribution is 5.71. The van der Waals surface area contributed by atoms with Crippen molar-refractivity contribution >= 4 is 17.9 Å². The number of unbranched alkanes of at least 4 members (excludes halogenated alkanes) is 14. The maximum Gasteiger partial charge on any atom is 0.306 e. The predicted molar refractivity (Wildman–Crippen MR) is 292 cm³/mol. The van der Waals surface area contributed by atoms with Gasteiger partial charge in [-0.25, -0.2) is 0 Å². The highest BCUT2D eigenvalue weighted by Gasteiger charge is 2.19. The summed E-state index contributed by atoms with van der Waals surface area (Å²) < 4.78 is 16.6. The lowest BCUT2D eigenvalue weighted by Crippen LogP contribution is -2.30. The van der Waals surface area contributed by atoms with Gasteiger partial charge in [0.1, 0.15) is 13.2 Å². The molecule has 0 aromatic heterocycles. The third-order valence-electron chi connectivity index (χ3n) is 10.9. The number of carbonyl (C=O) groups is 3. The smallest absolute Gasteiger partial charge is 0.306 e. The molecule has 382 valence electrons. The molecule has 0 spiro atoms. The average Bonchev–Trinajstić information content (AvgIpc) is 3.34. The van der Waals surface area contributed by atoms with Crippen LogP contribution in [-0.4, -0.2) is 37.2 Å². The van der Waals surface area contributed by atoms with E-state index < -0.39 is 12.1 Å². The molecule has 0 aliphatic carbocycles. The van der Waals surface area contributed by atoms with Crippen LogP contribution in [0.1, 0.15) is 220 Å². The van der Waals surface area contributed by atoms with Gasteiger partial charge in [-0.05, 0) is 103 Å². The van der Waals surface area contributed by atoms with Gasteiger partial charge in [-0.1, -0.05) is 231 Å². The second-order valence-electron chi connectivity index (χ2n) is 17.4. The van der Waals surface area contributed by atoms with E-state index in [1.54, 1.807) is 0 Å². The molecule has 0 saturated carbocycles. The van der Waals surface area contributed by atoms with Crippen LogP contribution in [0, 0.1) is 0 Å². The van der Waals surface area contributed by atoms with E-state index >= 15 is 0 Å². The van der Waals surface area contributed by atoms with Gasteiger partial charge in [0.05, 0.1) is 0 Å². The van der Waals surface area contributed by atoms with Crippen molar-refractivity contribution in [1.82, 2.24) is 0 Å². The van der Waals surface area contributed by atoms with Crippen molar-refractivity contribution in [2.24, 2.45) is 0 Å². The maximum absolute atomic E-state index is 12.7. The highest BCUT2D eigenvalue weighted by Crippen LogP contribution is 2.13. The normalized spacial score (nSPS) is 13.2. The summed E-state index contributed by atoms with van der Waals surface area (Å²) in [6.45, 7) is 6.25. The SMILES string of the molecule is CC/C=C\C/C=C\C/C=C\C/C=C\C/C=C\C/C=C\C/C=C\CCCCCCCCCCCC(=O)OCC(COC(=O)CCCCCCCC)OC(=O)CC/C=C\C/C=C\C/C=C\C/C=C\CC. The molecular weight excluding hydrogens is 841 g/mol. The van der Waals surface area contributed by atoms with E-state index in [2.05, 4.69) is 142 Å². The van der Waals surface area contributed by atoms with Crippen LogP contribution in [0.3, 0.4) is 0 Å². The number of hydrogen-bond donors (Lipinski definition) is 0. The summed E-state index contributed by atoms with van der Waals surface area (Å²) in [5.41, 5.74) is 0. The Bertz CT molecular complexity index is 1500. The van der Waals surface area contributed by atoms with Crippen LogP contribution in [-0.2, 0) is 28.6 Å². The van der Waals surface area contributed by atoms with Crippen molar-refractivity contribution in [3.8, 4) is 0 Å². The Morgan fingerprint density at radius 3 is 0.956 bits per heavy atom. The molecule has 0 aliphatic rings. The largest absolute Gasteiger partial charge is 0.462 e. The van der Waals surface area contributed by atoms with E-state index in [1.165, 1.54) is 57.8 Å². The number of carbonyl (C=O) groups excluding carboxylic acids is 3. The first kappa shape index (κ1) is 63.5. The Balaban J connectivity index is 4.16. The fourth-order valence-electron chi connectivity index (χ4n) is 6.91. The minimum atomic E-state index is -0.818. The summed E-state index contributed by atoms with van der Waals surface area (Å²) in [6, 6.07) is 0. The minimum absolute atomic E-state index is 0.112. The van der Waals surface area contributed by atoms with Crippen molar-refractivity contribution in [1.29, 1.82) is 0 Å². The van der Waals surface area contributed by atoms with Crippen LogP contribution in [0.15, 0.2) is 134 Å². The fourth-order valence-corrected chi connectivity index (χ4v) is 6.91. The molecular formula is C62H98O6. The first-order valence-electron chi connectivity index (χ1n) is 27.2. The van der Waals surface area contributed by atoms with Gasteiger partial charge in [0.15, 0.2) is 6.10 Å². The Hall–Kier alpha value is -4.45. The Morgan fingerprint density at radius 1 is 0.309 bits per heavy atom. The van der Waals surface area contributed by atoms with Gasteiger partial charge in [-0.3, -0.25) is 14.4 Å². The van der Waals surface area contributed by atoms with Crippen LogP contribution in [0.2, 0.25) is 0 Å². The predicted octanol–water partition coefficient (Wildman–Crippen LogP) is 18.3. The van der Waals surface area contributed by atoms with E-state index in [-0.39, 0.29) is 31.6 Å². The maximum atomic E-state index is 12.7. The molecule has 0 N–H and O–H groups in total. The Labute approximate surface area is 417 Å².